The Morgan fingerprint density at radius 3 is 3.17 bits per heavy atom. The van der Waals surface area contributed by atoms with Gasteiger partial charge in [-0.15, -0.1) is 0 Å². The Labute approximate surface area is 69.5 Å². The molecule has 2 atom stereocenters. The van der Waals surface area contributed by atoms with Gasteiger partial charge >= 0.3 is 5.97 Å². The number of methoxy groups -OCH3 is 1. The second-order valence-electron chi connectivity index (χ2n) is 2.52. The van der Waals surface area contributed by atoms with E-state index in [4.69, 9.17) is 5.53 Å². The maximum Gasteiger partial charge on any atom is 0.323 e. The van der Waals surface area contributed by atoms with Gasteiger partial charge in [0.1, 0.15) is 6.04 Å². The smallest absolute Gasteiger partial charge is 0.323 e. The van der Waals surface area contributed by atoms with E-state index in [2.05, 4.69) is 20.1 Å². The summed E-state index contributed by atoms with van der Waals surface area (Å²) >= 11 is 0. The lowest BCUT2D eigenvalue weighted by atomic mass is 10.1. The summed E-state index contributed by atoms with van der Waals surface area (Å²) in [6.07, 6.45) is 0.684. The summed E-state index contributed by atoms with van der Waals surface area (Å²) in [5.74, 6) is -0.370. The van der Waals surface area contributed by atoms with Crippen molar-refractivity contribution >= 4 is 5.97 Å². The van der Waals surface area contributed by atoms with Gasteiger partial charge in [-0.1, -0.05) is 5.11 Å². The molecule has 1 aliphatic rings. The molecule has 6 heteroatoms. The van der Waals surface area contributed by atoms with Gasteiger partial charge in [0.2, 0.25) is 0 Å². The summed E-state index contributed by atoms with van der Waals surface area (Å²) in [6, 6.07) is -0.770. The van der Waals surface area contributed by atoms with Gasteiger partial charge in [-0.3, -0.25) is 4.79 Å². The number of esters is 1. The third-order valence-electron chi connectivity index (χ3n) is 1.84. The van der Waals surface area contributed by atoms with Gasteiger partial charge in [0, 0.05) is 4.91 Å². The molecule has 1 heterocycles. The SMILES string of the molecule is COC(=O)C1NCCC1N=[N+]=[N-]. The molecule has 0 radical (unpaired) electrons. The highest BCUT2D eigenvalue weighted by atomic mass is 16.5. The number of hydrogen-bond donors (Lipinski definition) is 1. The van der Waals surface area contributed by atoms with Crippen LogP contribution in [0.3, 0.4) is 0 Å². The van der Waals surface area contributed by atoms with Gasteiger partial charge in [-0.25, -0.2) is 0 Å². The molecule has 0 spiro atoms. The molecule has 0 aromatic heterocycles. The predicted molar refractivity (Wildman–Crippen MR) is 41.4 cm³/mol. The second kappa shape index (κ2) is 3.94. The summed E-state index contributed by atoms with van der Waals surface area (Å²) in [5.41, 5.74) is 8.18. The lowest BCUT2D eigenvalue weighted by Crippen LogP contribution is -2.38. The summed E-state index contributed by atoms with van der Waals surface area (Å²) < 4.78 is 4.53. The van der Waals surface area contributed by atoms with Crippen LogP contribution in [0.25, 0.3) is 10.4 Å². The molecule has 1 fully saturated rings. The van der Waals surface area contributed by atoms with Gasteiger partial charge in [-0.05, 0) is 18.5 Å². The van der Waals surface area contributed by atoms with E-state index in [0.29, 0.717) is 13.0 Å². The standard InChI is InChI=1S/C6H10N4O2/c1-12-6(11)5-4(9-10-7)2-3-8-5/h4-5,8H,2-3H2,1H3. The molecule has 0 saturated carbocycles. The van der Waals surface area contributed by atoms with Gasteiger partial charge in [0.25, 0.3) is 0 Å². The first-order valence-electron chi connectivity index (χ1n) is 3.65. The van der Waals surface area contributed by atoms with Crippen molar-refractivity contribution in [2.75, 3.05) is 13.7 Å². The average Bonchev–Trinajstić information content (AvgIpc) is 2.52. The topological polar surface area (TPSA) is 87.1 Å². The Kier molecular flexibility index (Phi) is 2.90. The van der Waals surface area contributed by atoms with Crippen LogP contribution in [0.5, 0.6) is 0 Å². The number of carbonyl (C=O) groups is 1. The summed E-state index contributed by atoms with van der Waals surface area (Å²) in [5, 5.41) is 6.39. The second-order valence-corrected chi connectivity index (χ2v) is 2.52. The highest BCUT2D eigenvalue weighted by Gasteiger charge is 2.32. The average molecular weight is 170 g/mol. The quantitative estimate of drug-likeness (QED) is 0.278. The molecule has 0 bridgehead atoms. The zero-order chi connectivity index (χ0) is 8.97. The van der Waals surface area contributed by atoms with E-state index < -0.39 is 6.04 Å². The van der Waals surface area contributed by atoms with Crippen molar-refractivity contribution in [2.45, 2.75) is 18.5 Å². The maximum absolute atomic E-state index is 11.0. The zero-order valence-electron chi connectivity index (χ0n) is 6.73. The fourth-order valence-corrected chi connectivity index (χ4v) is 1.25. The molecule has 0 amide bonds. The van der Waals surface area contributed by atoms with E-state index in [9.17, 15) is 4.79 Å². The van der Waals surface area contributed by atoms with Crippen LogP contribution in [0, 0.1) is 0 Å². The lowest BCUT2D eigenvalue weighted by Gasteiger charge is -2.11. The van der Waals surface area contributed by atoms with E-state index in [-0.39, 0.29) is 12.0 Å². The lowest BCUT2D eigenvalue weighted by molar-refractivity contribution is -0.142. The van der Waals surface area contributed by atoms with Crippen molar-refractivity contribution in [1.82, 2.24) is 5.32 Å². The molecule has 1 saturated heterocycles. The van der Waals surface area contributed by atoms with Gasteiger partial charge in [0.15, 0.2) is 0 Å². The van der Waals surface area contributed by atoms with Crippen LogP contribution < -0.4 is 5.32 Å². The van der Waals surface area contributed by atoms with Crippen LogP contribution in [0.2, 0.25) is 0 Å². The molecular formula is C6H10N4O2. The molecule has 0 aromatic rings. The van der Waals surface area contributed by atoms with Gasteiger partial charge in [0.05, 0.1) is 13.2 Å². The maximum atomic E-state index is 11.0. The molecule has 1 N–H and O–H groups in total. The van der Waals surface area contributed by atoms with Crippen molar-refractivity contribution in [3.8, 4) is 0 Å². The van der Waals surface area contributed by atoms with Crippen molar-refractivity contribution in [3.63, 3.8) is 0 Å². The highest BCUT2D eigenvalue weighted by Crippen LogP contribution is 2.12. The van der Waals surface area contributed by atoms with Crippen LogP contribution in [0.4, 0.5) is 0 Å². The number of rotatable bonds is 2. The van der Waals surface area contributed by atoms with Crippen molar-refractivity contribution in [3.05, 3.63) is 10.4 Å². The first kappa shape index (κ1) is 8.83. The fourth-order valence-electron chi connectivity index (χ4n) is 1.25. The third-order valence-corrected chi connectivity index (χ3v) is 1.84. The van der Waals surface area contributed by atoms with Gasteiger partial charge < -0.3 is 10.1 Å². The summed E-state index contributed by atoms with van der Waals surface area (Å²) in [6.45, 7) is 0.684. The Morgan fingerprint density at radius 1 is 1.83 bits per heavy atom. The summed E-state index contributed by atoms with van der Waals surface area (Å²) in [7, 11) is 1.31. The molecule has 66 valence electrons. The van der Waals surface area contributed by atoms with Crippen molar-refractivity contribution in [1.29, 1.82) is 0 Å². The number of azide groups is 1. The van der Waals surface area contributed by atoms with Crippen LogP contribution in [0.15, 0.2) is 5.11 Å². The van der Waals surface area contributed by atoms with E-state index in [0.717, 1.165) is 0 Å². The Hall–Kier alpha value is -1.26. The first-order valence-corrected chi connectivity index (χ1v) is 3.65. The number of carbonyl (C=O) groups excluding carboxylic acids is 1. The van der Waals surface area contributed by atoms with Crippen LogP contribution in [0.1, 0.15) is 6.42 Å². The fraction of sp³-hybridized carbons (Fsp3) is 0.833. The molecule has 2 unspecified atom stereocenters. The zero-order valence-corrected chi connectivity index (χ0v) is 6.73. The monoisotopic (exact) mass is 170 g/mol. The van der Waals surface area contributed by atoms with Crippen LogP contribution >= 0.6 is 0 Å². The number of nitrogens with zero attached hydrogens (tertiary/aromatic N) is 3. The predicted octanol–water partition coefficient (Wildman–Crippen LogP) is 0.200. The van der Waals surface area contributed by atoms with Crippen LogP contribution in [-0.4, -0.2) is 31.7 Å². The number of hydrogen-bond acceptors (Lipinski definition) is 4. The minimum absolute atomic E-state index is 0.303. The number of ether oxygens (including phenoxy) is 1. The van der Waals surface area contributed by atoms with E-state index in [1.54, 1.807) is 0 Å². The molecule has 0 aromatic carbocycles. The molecular weight excluding hydrogens is 160 g/mol. The first-order chi connectivity index (χ1) is 5.79. The minimum Gasteiger partial charge on any atom is -0.468 e. The van der Waals surface area contributed by atoms with E-state index >= 15 is 0 Å². The van der Waals surface area contributed by atoms with Crippen molar-refractivity contribution < 1.29 is 9.53 Å². The largest absolute Gasteiger partial charge is 0.468 e. The molecule has 12 heavy (non-hydrogen) atoms. The molecule has 0 aliphatic carbocycles. The number of nitrogens with one attached hydrogen (secondary N) is 1. The molecule has 1 rings (SSSR count). The highest BCUT2D eigenvalue weighted by molar-refractivity contribution is 5.77. The molecule has 6 nitrogen and oxygen atoms in total. The Bertz CT molecular complexity index is 224. The van der Waals surface area contributed by atoms with Crippen LogP contribution in [-0.2, 0) is 9.53 Å². The van der Waals surface area contributed by atoms with E-state index in [1.807, 2.05) is 0 Å². The van der Waals surface area contributed by atoms with Gasteiger partial charge in [-0.2, -0.15) is 0 Å². The van der Waals surface area contributed by atoms with Crippen molar-refractivity contribution in [2.24, 2.45) is 5.11 Å². The molecule has 1 aliphatic heterocycles. The Morgan fingerprint density at radius 2 is 2.58 bits per heavy atom. The minimum atomic E-state index is -0.467. The third kappa shape index (κ3) is 1.66. The van der Waals surface area contributed by atoms with E-state index in [1.165, 1.54) is 7.11 Å². The summed E-state index contributed by atoms with van der Waals surface area (Å²) in [4.78, 5) is 13.7. The Balaban J connectivity index is 2.63. The normalized spacial score (nSPS) is 27.8.